The molecule has 0 aliphatic carbocycles. The molecule has 1 aromatic heterocycles. The lowest BCUT2D eigenvalue weighted by atomic mass is 10.1. The Morgan fingerprint density at radius 2 is 2.00 bits per heavy atom. The number of aromatic nitrogens is 1. The molecule has 0 bridgehead atoms. The first-order valence-electron chi connectivity index (χ1n) is 7.99. The molecule has 1 heterocycles. The van der Waals surface area contributed by atoms with E-state index >= 15 is 0 Å². The second-order valence-corrected chi connectivity index (χ2v) is 5.92. The first kappa shape index (κ1) is 20.1. The zero-order valence-electron chi connectivity index (χ0n) is 15.1. The van der Waals surface area contributed by atoms with Crippen LogP contribution in [0.2, 0.25) is 5.02 Å². The van der Waals surface area contributed by atoms with Gasteiger partial charge in [-0.05, 0) is 36.8 Å². The monoisotopic (exact) mass is 386 g/mol. The van der Waals surface area contributed by atoms with Gasteiger partial charge >= 0.3 is 0 Å². The second kappa shape index (κ2) is 9.46. The van der Waals surface area contributed by atoms with Crippen molar-refractivity contribution in [2.24, 2.45) is 0 Å². The molecule has 0 aliphatic rings. The summed E-state index contributed by atoms with van der Waals surface area (Å²) in [6.07, 6.45) is 2.80. The molecule has 1 unspecified atom stereocenters. The Morgan fingerprint density at radius 3 is 2.63 bits per heavy atom. The van der Waals surface area contributed by atoms with Crippen molar-refractivity contribution < 1.29 is 14.3 Å². The van der Waals surface area contributed by atoms with Gasteiger partial charge in [-0.3, -0.25) is 4.79 Å². The number of hydrogen-bond acceptors (Lipinski definition) is 6. The van der Waals surface area contributed by atoms with Gasteiger partial charge in [0.15, 0.2) is 11.5 Å². The van der Waals surface area contributed by atoms with Crippen LogP contribution in [0.15, 0.2) is 48.3 Å². The van der Waals surface area contributed by atoms with E-state index in [1.54, 1.807) is 38.3 Å². The van der Waals surface area contributed by atoms with Gasteiger partial charge < -0.3 is 20.1 Å². The van der Waals surface area contributed by atoms with Crippen molar-refractivity contribution in [3.8, 4) is 17.6 Å². The van der Waals surface area contributed by atoms with Crippen LogP contribution in [0.4, 0.5) is 5.82 Å². The average Bonchev–Trinajstić information content (AvgIpc) is 2.67. The van der Waals surface area contributed by atoms with Gasteiger partial charge in [0.25, 0.3) is 5.91 Å². The van der Waals surface area contributed by atoms with Gasteiger partial charge in [0.2, 0.25) is 0 Å². The number of anilines is 1. The number of nitrogens with one attached hydrogen (secondary N) is 2. The van der Waals surface area contributed by atoms with E-state index in [1.807, 2.05) is 12.1 Å². The third-order valence-electron chi connectivity index (χ3n) is 3.71. The molecule has 2 N–H and O–H groups in total. The van der Waals surface area contributed by atoms with Gasteiger partial charge in [-0.1, -0.05) is 17.7 Å². The molecular weight excluding hydrogens is 368 g/mol. The number of hydrogen-bond donors (Lipinski definition) is 2. The minimum absolute atomic E-state index is 0.0934. The van der Waals surface area contributed by atoms with Crippen LogP contribution in [0.25, 0.3) is 0 Å². The Kier molecular flexibility index (Phi) is 7.03. The minimum atomic E-state index is -0.519. The maximum Gasteiger partial charge on any atom is 0.263 e. The third-order valence-corrected chi connectivity index (χ3v) is 3.94. The number of nitriles is 1. The highest BCUT2D eigenvalue weighted by molar-refractivity contribution is 6.30. The summed E-state index contributed by atoms with van der Waals surface area (Å²) in [4.78, 5) is 16.4. The summed E-state index contributed by atoms with van der Waals surface area (Å²) >= 11 is 5.88. The molecule has 2 rings (SSSR count). The van der Waals surface area contributed by atoms with E-state index < -0.39 is 5.91 Å². The van der Waals surface area contributed by atoms with Gasteiger partial charge in [0.05, 0.1) is 20.3 Å². The maximum absolute atomic E-state index is 12.4. The molecule has 0 saturated heterocycles. The van der Waals surface area contributed by atoms with E-state index in [4.69, 9.17) is 21.1 Å². The smallest absolute Gasteiger partial charge is 0.263 e. The van der Waals surface area contributed by atoms with Crippen LogP contribution in [0.1, 0.15) is 18.5 Å². The predicted molar refractivity (Wildman–Crippen MR) is 103 cm³/mol. The van der Waals surface area contributed by atoms with E-state index in [0.29, 0.717) is 22.3 Å². The number of pyridine rings is 1. The Morgan fingerprint density at radius 1 is 1.26 bits per heavy atom. The number of nitrogens with zero attached hydrogens (tertiary/aromatic N) is 2. The number of amides is 1. The first-order chi connectivity index (χ1) is 13.0. The van der Waals surface area contributed by atoms with Crippen molar-refractivity contribution in [3.63, 3.8) is 0 Å². The summed E-state index contributed by atoms with van der Waals surface area (Å²) in [6, 6.07) is 10.1. The maximum atomic E-state index is 12.4. The second-order valence-electron chi connectivity index (χ2n) is 5.48. The van der Waals surface area contributed by atoms with Gasteiger partial charge in [0.1, 0.15) is 17.5 Å². The van der Waals surface area contributed by atoms with Crippen LogP contribution in [0, 0.1) is 11.3 Å². The minimum Gasteiger partial charge on any atom is -0.493 e. The molecule has 140 valence electrons. The molecule has 7 nitrogen and oxygen atoms in total. The Labute approximate surface area is 162 Å². The number of methoxy groups -OCH3 is 2. The quantitative estimate of drug-likeness (QED) is 0.559. The fraction of sp³-hybridized carbons (Fsp3) is 0.211. The zero-order chi connectivity index (χ0) is 19.8. The number of benzene rings is 1. The van der Waals surface area contributed by atoms with Crippen molar-refractivity contribution in [1.82, 2.24) is 10.3 Å². The topological polar surface area (TPSA) is 96.3 Å². The van der Waals surface area contributed by atoms with E-state index in [0.717, 1.165) is 5.56 Å². The number of halogens is 1. The largest absolute Gasteiger partial charge is 0.493 e. The summed E-state index contributed by atoms with van der Waals surface area (Å²) in [5, 5.41) is 15.3. The van der Waals surface area contributed by atoms with E-state index in [2.05, 4.69) is 15.6 Å². The van der Waals surface area contributed by atoms with Crippen LogP contribution in [0.3, 0.4) is 0 Å². The number of ether oxygens (including phenoxy) is 2. The van der Waals surface area contributed by atoms with Crippen LogP contribution in [0.5, 0.6) is 11.5 Å². The molecule has 27 heavy (non-hydrogen) atoms. The lowest BCUT2D eigenvalue weighted by molar-refractivity contribution is -0.117. The Hall–Kier alpha value is -3.24. The number of carbonyl (C=O) groups is 1. The normalized spacial score (nSPS) is 11.9. The molecule has 0 fully saturated rings. The van der Waals surface area contributed by atoms with Crippen LogP contribution in [-0.2, 0) is 4.79 Å². The Balaban J connectivity index is 2.09. The fourth-order valence-electron chi connectivity index (χ4n) is 2.26. The van der Waals surface area contributed by atoms with Crippen LogP contribution >= 0.6 is 11.6 Å². The summed E-state index contributed by atoms with van der Waals surface area (Å²) in [7, 11) is 3.09. The van der Waals surface area contributed by atoms with Crippen LogP contribution in [-0.4, -0.2) is 25.1 Å². The van der Waals surface area contributed by atoms with E-state index in [9.17, 15) is 10.1 Å². The molecule has 0 saturated carbocycles. The third kappa shape index (κ3) is 5.36. The predicted octanol–water partition coefficient (Wildman–Crippen LogP) is 3.45. The molecule has 8 heteroatoms. The molecule has 2 aromatic rings. The fourth-order valence-corrected chi connectivity index (χ4v) is 2.42. The van der Waals surface area contributed by atoms with Gasteiger partial charge in [-0.25, -0.2) is 4.98 Å². The molecule has 1 atom stereocenters. The highest BCUT2D eigenvalue weighted by atomic mass is 35.5. The van der Waals surface area contributed by atoms with Crippen molar-refractivity contribution in [1.29, 1.82) is 5.26 Å². The summed E-state index contributed by atoms with van der Waals surface area (Å²) in [5.41, 5.74) is 0.715. The molecule has 0 spiro atoms. The number of rotatable bonds is 7. The standard InChI is InChI=1S/C19H19ClN4O3/c1-12(13-4-5-16(26-2)17(8-13)27-3)24-19(25)14(10-21)11-23-18-9-15(20)6-7-22-18/h4-9,11-12H,1-3H3,(H,22,23)(H,24,25)/b14-11-. The molecular formula is C19H19ClN4O3. The van der Waals surface area contributed by atoms with Crippen molar-refractivity contribution in [2.45, 2.75) is 13.0 Å². The summed E-state index contributed by atoms with van der Waals surface area (Å²) in [6.45, 7) is 1.81. The van der Waals surface area contributed by atoms with Gasteiger partial charge in [0, 0.05) is 17.4 Å². The van der Waals surface area contributed by atoms with Gasteiger partial charge in [-0.15, -0.1) is 0 Å². The lowest BCUT2D eigenvalue weighted by Crippen LogP contribution is -2.28. The van der Waals surface area contributed by atoms with Crippen molar-refractivity contribution in [2.75, 3.05) is 19.5 Å². The highest BCUT2D eigenvalue weighted by Gasteiger charge is 2.15. The highest BCUT2D eigenvalue weighted by Crippen LogP contribution is 2.29. The average molecular weight is 387 g/mol. The summed E-state index contributed by atoms with van der Waals surface area (Å²) in [5.74, 6) is 1.06. The zero-order valence-corrected chi connectivity index (χ0v) is 15.9. The molecule has 0 radical (unpaired) electrons. The van der Waals surface area contributed by atoms with E-state index in [-0.39, 0.29) is 11.6 Å². The van der Waals surface area contributed by atoms with Crippen molar-refractivity contribution in [3.05, 3.63) is 58.9 Å². The van der Waals surface area contributed by atoms with Gasteiger partial charge in [-0.2, -0.15) is 5.26 Å². The molecule has 0 aliphatic heterocycles. The van der Waals surface area contributed by atoms with Crippen LogP contribution < -0.4 is 20.1 Å². The van der Waals surface area contributed by atoms with Crippen molar-refractivity contribution >= 4 is 23.3 Å². The van der Waals surface area contributed by atoms with E-state index in [1.165, 1.54) is 19.5 Å². The SMILES string of the molecule is COc1ccc(C(C)NC(=O)/C(C#N)=C\Nc2cc(Cl)ccn2)cc1OC. The number of carbonyl (C=O) groups excluding carboxylic acids is 1. The summed E-state index contributed by atoms with van der Waals surface area (Å²) < 4.78 is 10.5. The lowest BCUT2D eigenvalue weighted by Gasteiger charge is -2.16. The first-order valence-corrected chi connectivity index (χ1v) is 8.37. The molecule has 1 amide bonds. The Bertz CT molecular complexity index is 893. The molecule has 1 aromatic carbocycles.